The molecule has 4 nitrogen and oxygen atoms in total. The molecule has 1 fully saturated rings. The summed E-state index contributed by atoms with van der Waals surface area (Å²) in [5, 5.41) is 3.46. The molecule has 2 N–H and O–H groups in total. The van der Waals surface area contributed by atoms with E-state index in [1.54, 1.807) is 6.20 Å². The van der Waals surface area contributed by atoms with E-state index < -0.39 is 0 Å². The van der Waals surface area contributed by atoms with E-state index in [4.69, 9.17) is 4.98 Å². The molecule has 1 saturated heterocycles. The van der Waals surface area contributed by atoms with E-state index in [9.17, 15) is 0 Å². The molecule has 0 aliphatic carbocycles. The maximum atomic E-state index is 4.79. The smallest absolute Gasteiger partial charge is 0.177 e. The Morgan fingerprint density at radius 3 is 2.52 bits per heavy atom. The normalized spacial score (nSPS) is 17.9. The number of aromatic nitrogens is 3. The van der Waals surface area contributed by atoms with Gasteiger partial charge in [-0.3, -0.25) is 0 Å². The number of aromatic amines is 1. The minimum absolute atomic E-state index is 0.0345. The number of nitrogens with one attached hydrogen (secondary N) is 2. The Balaban J connectivity index is 1.89. The Labute approximate surface area is 123 Å². The Bertz CT molecular complexity index is 709. The van der Waals surface area contributed by atoms with Crippen LogP contribution >= 0.6 is 0 Å². The maximum Gasteiger partial charge on any atom is 0.177 e. The van der Waals surface area contributed by atoms with Crippen molar-refractivity contribution in [2.45, 2.75) is 18.3 Å². The van der Waals surface area contributed by atoms with Gasteiger partial charge in [-0.25, -0.2) is 9.97 Å². The Morgan fingerprint density at radius 1 is 0.952 bits per heavy atom. The molecule has 0 saturated carbocycles. The molecule has 0 radical (unpaired) electrons. The van der Waals surface area contributed by atoms with Crippen LogP contribution < -0.4 is 5.32 Å². The predicted molar refractivity (Wildman–Crippen MR) is 83.2 cm³/mol. The molecule has 2 aromatic heterocycles. The van der Waals surface area contributed by atoms with Gasteiger partial charge < -0.3 is 10.3 Å². The molecular weight excluding hydrogens is 260 g/mol. The lowest BCUT2D eigenvalue weighted by atomic mass is 9.72. The fourth-order valence-corrected chi connectivity index (χ4v) is 3.34. The van der Waals surface area contributed by atoms with Crippen LogP contribution in [0.15, 0.2) is 48.7 Å². The number of hydrogen-bond acceptors (Lipinski definition) is 3. The van der Waals surface area contributed by atoms with Gasteiger partial charge in [0.15, 0.2) is 5.65 Å². The second kappa shape index (κ2) is 4.97. The van der Waals surface area contributed by atoms with E-state index in [2.05, 4.69) is 45.6 Å². The third-order valence-electron chi connectivity index (χ3n) is 4.49. The number of H-pyrrole nitrogens is 1. The van der Waals surface area contributed by atoms with E-state index in [0.29, 0.717) is 0 Å². The highest BCUT2D eigenvalue weighted by Gasteiger charge is 2.38. The molecule has 3 aromatic rings. The minimum atomic E-state index is -0.0345. The van der Waals surface area contributed by atoms with Crippen molar-refractivity contribution in [3.63, 3.8) is 0 Å². The van der Waals surface area contributed by atoms with Crippen LogP contribution in [0.1, 0.15) is 24.2 Å². The zero-order valence-corrected chi connectivity index (χ0v) is 11.8. The molecule has 0 amide bonds. The number of hydrogen-bond donors (Lipinski definition) is 2. The van der Waals surface area contributed by atoms with Crippen LogP contribution in [0.5, 0.6) is 0 Å². The molecule has 21 heavy (non-hydrogen) atoms. The van der Waals surface area contributed by atoms with Crippen LogP contribution in [0.2, 0.25) is 0 Å². The third kappa shape index (κ3) is 2.03. The number of nitrogens with zero attached hydrogens (tertiary/aromatic N) is 2. The molecule has 106 valence electrons. The van der Waals surface area contributed by atoms with E-state index in [1.165, 1.54) is 5.56 Å². The molecule has 4 heteroatoms. The lowest BCUT2D eigenvalue weighted by Crippen LogP contribution is -2.41. The summed E-state index contributed by atoms with van der Waals surface area (Å²) < 4.78 is 0. The average molecular weight is 278 g/mol. The van der Waals surface area contributed by atoms with Crippen molar-refractivity contribution < 1.29 is 0 Å². The van der Waals surface area contributed by atoms with Crippen LogP contribution in [0.25, 0.3) is 11.2 Å². The molecule has 4 rings (SSSR count). The molecule has 0 atom stereocenters. The summed E-state index contributed by atoms with van der Waals surface area (Å²) in [5.74, 6) is 1.05. The van der Waals surface area contributed by atoms with Gasteiger partial charge >= 0.3 is 0 Å². The van der Waals surface area contributed by atoms with E-state index in [1.807, 2.05) is 12.1 Å². The lowest BCUT2D eigenvalue weighted by molar-refractivity contribution is 0.348. The topological polar surface area (TPSA) is 53.6 Å². The van der Waals surface area contributed by atoms with Crippen LogP contribution in [-0.2, 0) is 5.41 Å². The molecule has 1 aliphatic rings. The first kappa shape index (κ1) is 12.5. The van der Waals surface area contributed by atoms with E-state index in [-0.39, 0.29) is 5.41 Å². The number of piperidine rings is 1. The zero-order valence-electron chi connectivity index (χ0n) is 11.8. The summed E-state index contributed by atoms with van der Waals surface area (Å²) in [5.41, 5.74) is 3.13. The van der Waals surface area contributed by atoms with Crippen molar-refractivity contribution in [1.29, 1.82) is 0 Å². The van der Waals surface area contributed by atoms with Gasteiger partial charge in [0, 0.05) is 6.20 Å². The molecule has 0 bridgehead atoms. The monoisotopic (exact) mass is 278 g/mol. The van der Waals surface area contributed by atoms with Crippen molar-refractivity contribution in [3.05, 3.63) is 60.0 Å². The number of imidazole rings is 1. The maximum absolute atomic E-state index is 4.79. The molecule has 0 spiro atoms. The van der Waals surface area contributed by atoms with Gasteiger partial charge in [0.2, 0.25) is 0 Å². The van der Waals surface area contributed by atoms with E-state index >= 15 is 0 Å². The van der Waals surface area contributed by atoms with Crippen LogP contribution in [0, 0.1) is 0 Å². The average Bonchev–Trinajstić information content (AvgIpc) is 3.01. The summed E-state index contributed by atoms with van der Waals surface area (Å²) in [7, 11) is 0. The van der Waals surface area contributed by atoms with Gasteiger partial charge in [-0.2, -0.15) is 0 Å². The molecular formula is C17H18N4. The second-order valence-corrected chi connectivity index (χ2v) is 5.66. The Morgan fingerprint density at radius 2 is 1.76 bits per heavy atom. The summed E-state index contributed by atoms with van der Waals surface area (Å²) in [4.78, 5) is 12.7. The fraction of sp³-hybridized carbons (Fsp3) is 0.294. The van der Waals surface area contributed by atoms with Crippen molar-refractivity contribution in [2.24, 2.45) is 0 Å². The van der Waals surface area contributed by atoms with Gasteiger partial charge in [-0.05, 0) is 43.6 Å². The van der Waals surface area contributed by atoms with Crippen LogP contribution in [0.3, 0.4) is 0 Å². The minimum Gasteiger partial charge on any atom is -0.340 e. The molecule has 3 heterocycles. The summed E-state index contributed by atoms with van der Waals surface area (Å²) in [6.45, 7) is 2.03. The predicted octanol–water partition coefficient (Wildman–Crippen LogP) is 2.63. The second-order valence-electron chi connectivity index (χ2n) is 5.66. The molecule has 1 aliphatic heterocycles. The molecule has 0 unspecified atom stereocenters. The first-order valence-corrected chi connectivity index (χ1v) is 7.46. The highest BCUT2D eigenvalue weighted by molar-refractivity contribution is 5.70. The number of benzene rings is 1. The lowest BCUT2D eigenvalue weighted by Gasteiger charge is -2.36. The third-order valence-corrected chi connectivity index (χ3v) is 4.49. The first-order valence-electron chi connectivity index (χ1n) is 7.46. The Hall–Kier alpha value is -2.20. The Kier molecular flexibility index (Phi) is 2.97. The number of rotatable bonds is 2. The fourth-order valence-electron chi connectivity index (χ4n) is 3.34. The van der Waals surface area contributed by atoms with Gasteiger partial charge in [0.25, 0.3) is 0 Å². The van der Waals surface area contributed by atoms with Crippen molar-refractivity contribution in [1.82, 2.24) is 20.3 Å². The largest absolute Gasteiger partial charge is 0.340 e. The highest BCUT2D eigenvalue weighted by atomic mass is 15.0. The van der Waals surface area contributed by atoms with Gasteiger partial charge in [-0.15, -0.1) is 0 Å². The standard InChI is InChI=1S/C17H18N4/c1-2-5-13(6-3-1)17(8-11-18-12-9-17)16-20-14-7-4-10-19-15(14)21-16/h1-7,10,18H,8-9,11-12H2,(H,19,20,21). The SMILES string of the molecule is c1ccc(C2(c3nc4ncccc4[nH]3)CCNCC2)cc1. The first-order chi connectivity index (χ1) is 10.4. The van der Waals surface area contributed by atoms with Crippen molar-refractivity contribution in [3.8, 4) is 0 Å². The van der Waals surface area contributed by atoms with Gasteiger partial charge in [0.1, 0.15) is 5.82 Å². The highest BCUT2D eigenvalue weighted by Crippen LogP contribution is 2.39. The zero-order chi connectivity index (χ0) is 14.1. The van der Waals surface area contributed by atoms with Crippen molar-refractivity contribution in [2.75, 3.05) is 13.1 Å². The van der Waals surface area contributed by atoms with Gasteiger partial charge in [-0.1, -0.05) is 30.3 Å². The van der Waals surface area contributed by atoms with Crippen molar-refractivity contribution >= 4 is 11.2 Å². The van der Waals surface area contributed by atoms with E-state index in [0.717, 1.165) is 42.9 Å². The van der Waals surface area contributed by atoms with Crippen LogP contribution in [-0.4, -0.2) is 28.0 Å². The number of pyridine rings is 1. The summed E-state index contributed by atoms with van der Waals surface area (Å²) in [6, 6.07) is 14.7. The van der Waals surface area contributed by atoms with Gasteiger partial charge in [0.05, 0.1) is 10.9 Å². The molecule has 1 aromatic carbocycles. The summed E-state index contributed by atoms with van der Waals surface area (Å²) in [6.07, 6.45) is 3.90. The number of fused-ring (bicyclic) bond motifs is 1. The summed E-state index contributed by atoms with van der Waals surface area (Å²) >= 11 is 0. The quantitative estimate of drug-likeness (QED) is 0.757. The van der Waals surface area contributed by atoms with Crippen LogP contribution in [0.4, 0.5) is 0 Å².